The maximum atomic E-state index is 13.2. The zero-order chi connectivity index (χ0) is 24.6. The molecule has 0 bridgehead atoms. The quantitative estimate of drug-likeness (QED) is 0.520. The van der Waals surface area contributed by atoms with E-state index in [9.17, 15) is 18.0 Å². The fourth-order valence-electron chi connectivity index (χ4n) is 3.19. The highest BCUT2D eigenvalue weighted by atomic mass is 35.5. The number of carbonyl (C=O) groups is 2. The molecule has 0 fully saturated rings. The Bertz CT molecular complexity index is 1030. The number of sulfonamides is 1. The number of hydrogen-bond acceptors (Lipinski definition) is 4. The molecule has 0 saturated carbocycles. The average molecular weight is 494 g/mol. The van der Waals surface area contributed by atoms with Gasteiger partial charge in [0.1, 0.15) is 6.04 Å². The lowest BCUT2D eigenvalue weighted by atomic mass is 10.1. The zero-order valence-corrected chi connectivity index (χ0v) is 21.1. The molecule has 0 aliphatic heterocycles. The average Bonchev–Trinajstić information content (AvgIpc) is 2.79. The Hall–Kier alpha value is -2.42. The number of carbonyl (C=O) groups excluding carboxylic acids is 2. The lowest BCUT2D eigenvalue weighted by Crippen LogP contribution is -2.52. The number of hydrogen-bond donors (Lipinski definition) is 1. The van der Waals surface area contributed by atoms with Gasteiger partial charge >= 0.3 is 0 Å². The first-order chi connectivity index (χ1) is 15.6. The third-order valence-electron chi connectivity index (χ3n) is 5.53. The summed E-state index contributed by atoms with van der Waals surface area (Å²) in [6.45, 7) is 5.42. The highest BCUT2D eigenvalue weighted by molar-refractivity contribution is 7.89. The Labute approximate surface area is 201 Å². The van der Waals surface area contributed by atoms with Gasteiger partial charge in [0.15, 0.2) is 0 Å². The SMILES string of the molecule is CC[C@H](C)NC(=O)[C@H](C)N(CCc1ccccc1)C(=O)CN(C)S(=O)(=O)c1ccc(Cl)cc1. The molecule has 33 heavy (non-hydrogen) atoms. The van der Waals surface area contributed by atoms with Crippen LogP contribution in [0, 0.1) is 0 Å². The Morgan fingerprint density at radius 2 is 1.64 bits per heavy atom. The van der Waals surface area contributed by atoms with Crippen molar-refractivity contribution in [1.82, 2.24) is 14.5 Å². The molecular formula is C24H32ClN3O4S. The van der Waals surface area contributed by atoms with Crippen LogP contribution in [0.1, 0.15) is 32.8 Å². The van der Waals surface area contributed by atoms with Gasteiger partial charge in [-0.2, -0.15) is 4.31 Å². The monoisotopic (exact) mass is 493 g/mol. The Morgan fingerprint density at radius 1 is 1.03 bits per heavy atom. The number of nitrogens with zero attached hydrogens (tertiary/aromatic N) is 2. The first kappa shape index (κ1) is 26.8. The maximum absolute atomic E-state index is 13.2. The molecule has 2 rings (SSSR count). The second-order valence-electron chi connectivity index (χ2n) is 8.03. The Balaban J connectivity index is 2.20. The minimum absolute atomic E-state index is 0.0287. The lowest BCUT2D eigenvalue weighted by molar-refractivity contribution is -0.140. The molecule has 0 spiro atoms. The smallest absolute Gasteiger partial charge is 0.243 e. The molecule has 0 aromatic heterocycles. The van der Waals surface area contributed by atoms with Crippen molar-refractivity contribution in [2.75, 3.05) is 20.1 Å². The lowest BCUT2D eigenvalue weighted by Gasteiger charge is -2.31. The zero-order valence-electron chi connectivity index (χ0n) is 19.5. The predicted molar refractivity (Wildman–Crippen MR) is 130 cm³/mol. The van der Waals surface area contributed by atoms with E-state index >= 15 is 0 Å². The first-order valence-electron chi connectivity index (χ1n) is 10.9. The van der Waals surface area contributed by atoms with Crippen molar-refractivity contribution in [2.24, 2.45) is 0 Å². The number of amides is 2. The molecule has 180 valence electrons. The molecule has 2 amide bonds. The molecule has 2 atom stereocenters. The second kappa shape index (κ2) is 12.2. The summed E-state index contributed by atoms with van der Waals surface area (Å²) in [5, 5.41) is 3.32. The van der Waals surface area contributed by atoms with Crippen molar-refractivity contribution >= 4 is 33.4 Å². The van der Waals surface area contributed by atoms with Gasteiger partial charge in [0.05, 0.1) is 11.4 Å². The van der Waals surface area contributed by atoms with Crippen LogP contribution in [-0.2, 0) is 26.0 Å². The highest BCUT2D eigenvalue weighted by Crippen LogP contribution is 2.18. The van der Waals surface area contributed by atoms with Gasteiger partial charge in [0.25, 0.3) is 0 Å². The van der Waals surface area contributed by atoms with Crippen LogP contribution in [0.3, 0.4) is 0 Å². The van der Waals surface area contributed by atoms with E-state index in [0.29, 0.717) is 11.4 Å². The molecule has 9 heteroatoms. The summed E-state index contributed by atoms with van der Waals surface area (Å²) in [7, 11) is -2.55. The predicted octanol–water partition coefficient (Wildman–Crippen LogP) is 3.34. The highest BCUT2D eigenvalue weighted by Gasteiger charge is 2.30. The fourth-order valence-corrected chi connectivity index (χ4v) is 4.43. The summed E-state index contributed by atoms with van der Waals surface area (Å²) in [5.41, 5.74) is 1.02. The van der Waals surface area contributed by atoms with Gasteiger partial charge in [0, 0.05) is 24.7 Å². The van der Waals surface area contributed by atoms with E-state index in [1.54, 1.807) is 6.92 Å². The molecule has 0 unspecified atom stereocenters. The molecule has 0 heterocycles. The van der Waals surface area contributed by atoms with Crippen LogP contribution in [0.4, 0.5) is 0 Å². The molecule has 0 aliphatic rings. The van der Waals surface area contributed by atoms with Crippen molar-refractivity contribution in [3.05, 3.63) is 65.2 Å². The van der Waals surface area contributed by atoms with E-state index in [1.807, 2.05) is 44.2 Å². The number of rotatable bonds is 11. The summed E-state index contributed by atoms with van der Waals surface area (Å²) in [6, 6.07) is 14.6. The summed E-state index contributed by atoms with van der Waals surface area (Å²) in [5.74, 6) is -0.716. The number of halogens is 1. The fraction of sp³-hybridized carbons (Fsp3) is 0.417. The van der Waals surface area contributed by atoms with Crippen molar-refractivity contribution in [3.63, 3.8) is 0 Å². The van der Waals surface area contributed by atoms with Crippen molar-refractivity contribution in [2.45, 2.75) is 50.6 Å². The van der Waals surface area contributed by atoms with E-state index in [-0.39, 0.29) is 29.9 Å². The van der Waals surface area contributed by atoms with E-state index in [0.717, 1.165) is 16.3 Å². The van der Waals surface area contributed by atoms with Gasteiger partial charge in [-0.3, -0.25) is 9.59 Å². The van der Waals surface area contributed by atoms with Gasteiger partial charge in [-0.05, 0) is 56.5 Å². The van der Waals surface area contributed by atoms with Gasteiger partial charge in [-0.15, -0.1) is 0 Å². The molecule has 2 aromatic rings. The summed E-state index contributed by atoms with van der Waals surface area (Å²) in [4.78, 5) is 27.5. The van der Waals surface area contributed by atoms with Crippen molar-refractivity contribution in [3.8, 4) is 0 Å². The Morgan fingerprint density at radius 3 is 2.21 bits per heavy atom. The van der Waals surface area contributed by atoms with E-state index < -0.39 is 22.0 Å². The van der Waals surface area contributed by atoms with Crippen LogP contribution < -0.4 is 5.32 Å². The van der Waals surface area contributed by atoms with Crippen LogP contribution in [0.2, 0.25) is 5.02 Å². The molecular weight excluding hydrogens is 462 g/mol. The maximum Gasteiger partial charge on any atom is 0.243 e. The van der Waals surface area contributed by atoms with Crippen molar-refractivity contribution < 1.29 is 18.0 Å². The largest absolute Gasteiger partial charge is 0.352 e. The van der Waals surface area contributed by atoms with Crippen LogP contribution in [0.5, 0.6) is 0 Å². The summed E-state index contributed by atoms with van der Waals surface area (Å²) in [6.07, 6.45) is 1.31. The number of likely N-dealkylation sites (N-methyl/N-ethyl adjacent to an activating group) is 1. The molecule has 0 radical (unpaired) electrons. The van der Waals surface area contributed by atoms with E-state index in [2.05, 4.69) is 5.32 Å². The van der Waals surface area contributed by atoms with Crippen molar-refractivity contribution in [1.29, 1.82) is 0 Å². The van der Waals surface area contributed by atoms with Crippen LogP contribution in [-0.4, -0.2) is 61.7 Å². The molecule has 7 nitrogen and oxygen atoms in total. The van der Waals surface area contributed by atoms with Crippen LogP contribution in [0.15, 0.2) is 59.5 Å². The third-order valence-corrected chi connectivity index (χ3v) is 7.60. The second-order valence-corrected chi connectivity index (χ2v) is 10.5. The number of nitrogens with one attached hydrogen (secondary N) is 1. The van der Waals surface area contributed by atoms with Gasteiger partial charge in [-0.1, -0.05) is 48.9 Å². The molecule has 0 aliphatic carbocycles. The van der Waals surface area contributed by atoms with Gasteiger partial charge in [-0.25, -0.2) is 8.42 Å². The third kappa shape index (κ3) is 7.55. The minimum atomic E-state index is -3.89. The van der Waals surface area contributed by atoms with E-state index in [1.165, 1.54) is 36.2 Å². The van der Waals surface area contributed by atoms with E-state index in [4.69, 9.17) is 11.6 Å². The molecule has 1 N–H and O–H groups in total. The minimum Gasteiger partial charge on any atom is -0.352 e. The van der Waals surface area contributed by atoms with Gasteiger partial charge < -0.3 is 10.2 Å². The van der Waals surface area contributed by atoms with Gasteiger partial charge in [0.2, 0.25) is 21.8 Å². The Kier molecular flexibility index (Phi) is 9.88. The normalized spacial score (nSPS) is 13.4. The molecule has 0 saturated heterocycles. The summed E-state index contributed by atoms with van der Waals surface area (Å²) >= 11 is 5.86. The first-order valence-corrected chi connectivity index (χ1v) is 12.7. The van der Waals surface area contributed by atoms with Crippen LogP contribution in [0.25, 0.3) is 0 Å². The summed E-state index contributed by atoms with van der Waals surface area (Å²) < 4.78 is 26.8. The number of benzene rings is 2. The topological polar surface area (TPSA) is 86.8 Å². The molecule has 2 aromatic carbocycles. The standard InChI is InChI=1S/C24H32ClN3O4S/c1-5-18(2)26-24(30)19(3)28(16-15-20-9-7-6-8-10-20)23(29)17-27(4)33(31,32)22-13-11-21(25)12-14-22/h6-14,18-19H,5,15-17H2,1-4H3,(H,26,30)/t18-,19-/m0/s1. The van der Waals surface area contributed by atoms with Crippen LogP contribution >= 0.6 is 11.6 Å².